The van der Waals surface area contributed by atoms with Crippen LogP contribution in [0.1, 0.15) is 5.76 Å². The molecule has 0 bridgehead atoms. The number of nitrogens with zero attached hydrogens (tertiary/aromatic N) is 2. The summed E-state index contributed by atoms with van der Waals surface area (Å²) in [6, 6.07) is 3.87. The van der Waals surface area contributed by atoms with Gasteiger partial charge in [0.15, 0.2) is 0 Å². The van der Waals surface area contributed by atoms with Gasteiger partial charge in [0.25, 0.3) is 0 Å². The Balaban J connectivity index is 1.81. The number of rotatable bonds is 4. The number of anilines is 1. The van der Waals surface area contributed by atoms with Crippen LogP contribution in [0.15, 0.2) is 35.2 Å². The summed E-state index contributed by atoms with van der Waals surface area (Å²) >= 11 is 0. The van der Waals surface area contributed by atoms with Crippen LogP contribution in [0.25, 0.3) is 0 Å². The van der Waals surface area contributed by atoms with Gasteiger partial charge in [0.1, 0.15) is 5.76 Å². The molecular formula is C10H13N3O. The van der Waals surface area contributed by atoms with E-state index < -0.39 is 0 Å². The van der Waals surface area contributed by atoms with Gasteiger partial charge in [-0.25, -0.2) is 4.98 Å². The molecule has 0 aromatic carbocycles. The Morgan fingerprint density at radius 2 is 2.50 bits per heavy atom. The largest absolute Gasteiger partial charge is 0.469 e. The van der Waals surface area contributed by atoms with Crippen molar-refractivity contribution in [3.8, 4) is 0 Å². The third-order valence-corrected chi connectivity index (χ3v) is 2.06. The Morgan fingerprint density at radius 3 is 3.14 bits per heavy atom. The Kier molecular flexibility index (Phi) is 2.53. The first-order valence-electron chi connectivity index (χ1n) is 4.60. The van der Waals surface area contributed by atoms with Gasteiger partial charge in [0.05, 0.1) is 6.26 Å². The van der Waals surface area contributed by atoms with Crippen molar-refractivity contribution in [1.29, 1.82) is 0 Å². The maximum atomic E-state index is 5.22. The monoisotopic (exact) mass is 191 g/mol. The van der Waals surface area contributed by atoms with E-state index in [1.165, 1.54) is 0 Å². The highest BCUT2D eigenvalue weighted by molar-refractivity contribution is 5.25. The molecule has 0 aliphatic heterocycles. The Hall–Kier alpha value is -1.71. The van der Waals surface area contributed by atoms with Crippen molar-refractivity contribution >= 4 is 5.95 Å². The standard InChI is InChI=1S/C10H13N3O/c1-13-7-6-12-10(13)11-5-4-9-3-2-8-14-9/h2-3,6-8H,4-5H2,1H3,(H,11,12). The van der Waals surface area contributed by atoms with Crippen LogP contribution in [0.5, 0.6) is 0 Å². The van der Waals surface area contributed by atoms with Crippen LogP contribution in [-0.4, -0.2) is 16.1 Å². The maximum Gasteiger partial charge on any atom is 0.202 e. The van der Waals surface area contributed by atoms with E-state index >= 15 is 0 Å². The van der Waals surface area contributed by atoms with Crippen LogP contribution < -0.4 is 5.32 Å². The number of hydrogen-bond acceptors (Lipinski definition) is 3. The lowest BCUT2D eigenvalue weighted by Gasteiger charge is -2.03. The third-order valence-electron chi connectivity index (χ3n) is 2.06. The lowest BCUT2D eigenvalue weighted by atomic mass is 10.3. The molecule has 4 nitrogen and oxygen atoms in total. The summed E-state index contributed by atoms with van der Waals surface area (Å²) in [6.07, 6.45) is 6.25. The number of furan rings is 1. The maximum absolute atomic E-state index is 5.22. The van der Waals surface area contributed by atoms with E-state index in [-0.39, 0.29) is 0 Å². The molecule has 0 aliphatic rings. The molecular weight excluding hydrogens is 178 g/mol. The smallest absolute Gasteiger partial charge is 0.202 e. The van der Waals surface area contributed by atoms with Crippen molar-refractivity contribution < 1.29 is 4.42 Å². The fourth-order valence-corrected chi connectivity index (χ4v) is 1.29. The second-order valence-corrected chi connectivity index (χ2v) is 3.12. The van der Waals surface area contributed by atoms with Gasteiger partial charge in [-0.3, -0.25) is 0 Å². The first-order chi connectivity index (χ1) is 6.86. The zero-order valence-corrected chi connectivity index (χ0v) is 8.10. The van der Waals surface area contributed by atoms with Crippen molar-refractivity contribution in [1.82, 2.24) is 9.55 Å². The van der Waals surface area contributed by atoms with Gasteiger partial charge in [-0.05, 0) is 12.1 Å². The highest BCUT2D eigenvalue weighted by Crippen LogP contribution is 2.03. The Morgan fingerprint density at radius 1 is 1.57 bits per heavy atom. The van der Waals surface area contributed by atoms with Gasteiger partial charge in [-0.1, -0.05) is 0 Å². The predicted molar refractivity (Wildman–Crippen MR) is 54.1 cm³/mol. The minimum atomic E-state index is 0.832. The van der Waals surface area contributed by atoms with Gasteiger partial charge in [-0.2, -0.15) is 0 Å². The molecule has 2 aromatic rings. The molecule has 0 atom stereocenters. The van der Waals surface area contributed by atoms with Crippen molar-refractivity contribution in [2.45, 2.75) is 6.42 Å². The first-order valence-corrected chi connectivity index (χ1v) is 4.60. The van der Waals surface area contributed by atoms with E-state index in [1.807, 2.05) is 29.9 Å². The molecule has 74 valence electrons. The molecule has 1 N–H and O–H groups in total. The Labute approximate surface area is 82.6 Å². The molecule has 0 fully saturated rings. The molecule has 4 heteroatoms. The van der Waals surface area contributed by atoms with E-state index in [2.05, 4.69) is 10.3 Å². The van der Waals surface area contributed by atoms with Crippen LogP contribution in [0.2, 0.25) is 0 Å². The number of aryl methyl sites for hydroxylation is 1. The fourth-order valence-electron chi connectivity index (χ4n) is 1.29. The summed E-state index contributed by atoms with van der Waals surface area (Å²) in [5.74, 6) is 1.88. The lowest BCUT2D eigenvalue weighted by molar-refractivity contribution is 0.512. The van der Waals surface area contributed by atoms with Gasteiger partial charge in [-0.15, -0.1) is 0 Å². The van der Waals surface area contributed by atoms with E-state index in [0.717, 1.165) is 24.7 Å². The van der Waals surface area contributed by atoms with Crippen LogP contribution in [0.3, 0.4) is 0 Å². The molecule has 14 heavy (non-hydrogen) atoms. The van der Waals surface area contributed by atoms with E-state index in [4.69, 9.17) is 4.42 Å². The van der Waals surface area contributed by atoms with Gasteiger partial charge in [0.2, 0.25) is 5.95 Å². The minimum Gasteiger partial charge on any atom is -0.469 e. The average molecular weight is 191 g/mol. The van der Waals surface area contributed by atoms with Crippen molar-refractivity contribution in [2.24, 2.45) is 7.05 Å². The molecule has 0 spiro atoms. The summed E-state index contributed by atoms with van der Waals surface area (Å²) in [5, 5.41) is 3.22. The molecule has 0 saturated heterocycles. The fraction of sp³-hybridized carbons (Fsp3) is 0.300. The minimum absolute atomic E-state index is 0.832. The highest BCUT2D eigenvalue weighted by Gasteiger charge is 1.98. The molecule has 2 heterocycles. The van der Waals surface area contributed by atoms with Crippen molar-refractivity contribution in [3.05, 3.63) is 36.5 Å². The summed E-state index contributed by atoms with van der Waals surface area (Å²) in [4.78, 5) is 4.16. The summed E-state index contributed by atoms with van der Waals surface area (Å²) in [7, 11) is 1.96. The van der Waals surface area contributed by atoms with Crippen LogP contribution in [0.4, 0.5) is 5.95 Å². The first kappa shape index (κ1) is 8.87. The Bertz CT molecular complexity index is 378. The normalized spacial score (nSPS) is 10.4. The summed E-state index contributed by atoms with van der Waals surface area (Å²) < 4.78 is 7.16. The van der Waals surface area contributed by atoms with E-state index in [9.17, 15) is 0 Å². The van der Waals surface area contributed by atoms with Crippen molar-refractivity contribution in [3.63, 3.8) is 0 Å². The predicted octanol–water partition coefficient (Wildman–Crippen LogP) is 1.67. The van der Waals surface area contributed by atoms with E-state index in [0.29, 0.717) is 0 Å². The topological polar surface area (TPSA) is 43.0 Å². The third kappa shape index (κ3) is 1.96. The molecule has 2 rings (SSSR count). The van der Waals surface area contributed by atoms with Gasteiger partial charge in [0, 0.05) is 32.4 Å². The molecule has 2 aromatic heterocycles. The second kappa shape index (κ2) is 4.00. The molecule has 0 unspecified atom stereocenters. The van der Waals surface area contributed by atoms with E-state index in [1.54, 1.807) is 12.5 Å². The quantitative estimate of drug-likeness (QED) is 0.799. The average Bonchev–Trinajstić information content (AvgIpc) is 2.78. The highest BCUT2D eigenvalue weighted by atomic mass is 16.3. The lowest BCUT2D eigenvalue weighted by Crippen LogP contribution is -2.08. The molecule has 0 amide bonds. The van der Waals surface area contributed by atoms with Crippen LogP contribution in [-0.2, 0) is 13.5 Å². The van der Waals surface area contributed by atoms with Gasteiger partial charge >= 0.3 is 0 Å². The second-order valence-electron chi connectivity index (χ2n) is 3.12. The molecule has 0 aliphatic carbocycles. The summed E-state index contributed by atoms with van der Waals surface area (Å²) in [5.41, 5.74) is 0. The summed E-state index contributed by atoms with van der Waals surface area (Å²) in [6.45, 7) is 0.832. The zero-order chi connectivity index (χ0) is 9.80. The van der Waals surface area contributed by atoms with Crippen LogP contribution in [0, 0.1) is 0 Å². The van der Waals surface area contributed by atoms with Crippen molar-refractivity contribution in [2.75, 3.05) is 11.9 Å². The van der Waals surface area contributed by atoms with Crippen LogP contribution >= 0.6 is 0 Å². The number of imidazole rings is 1. The molecule has 0 radical (unpaired) electrons. The number of aromatic nitrogens is 2. The zero-order valence-electron chi connectivity index (χ0n) is 8.10. The van der Waals surface area contributed by atoms with Gasteiger partial charge < -0.3 is 14.3 Å². The number of nitrogens with one attached hydrogen (secondary N) is 1. The number of hydrogen-bond donors (Lipinski definition) is 1. The SMILES string of the molecule is Cn1ccnc1NCCc1ccco1. The molecule has 0 saturated carbocycles.